The van der Waals surface area contributed by atoms with Crippen LogP contribution in [0.15, 0.2) is 0 Å². The lowest BCUT2D eigenvalue weighted by Crippen LogP contribution is -2.45. The van der Waals surface area contributed by atoms with Gasteiger partial charge in [-0.25, -0.2) is 4.06 Å². The SMILES string of the molecule is O=S1CCCN[O+]1[O-]. The van der Waals surface area contributed by atoms with Crippen molar-refractivity contribution in [2.75, 3.05) is 12.3 Å². The Morgan fingerprint density at radius 3 is 2.88 bits per heavy atom. The van der Waals surface area contributed by atoms with Crippen LogP contribution in [0, 0.1) is 0 Å². The number of nitrogens with one attached hydrogen (secondary N) is 1. The van der Waals surface area contributed by atoms with Gasteiger partial charge in [0.2, 0.25) is 0 Å². The molecule has 0 spiro atoms. The van der Waals surface area contributed by atoms with E-state index in [1.807, 2.05) is 0 Å². The quantitative estimate of drug-likeness (QED) is 0.323. The van der Waals surface area contributed by atoms with Gasteiger partial charge >= 0.3 is 11.1 Å². The molecule has 0 aliphatic carbocycles. The molecule has 4 nitrogen and oxygen atoms in total. The van der Waals surface area contributed by atoms with Gasteiger partial charge in [0.1, 0.15) is 5.75 Å². The third-order valence-corrected chi connectivity index (χ3v) is 1.95. The molecule has 0 saturated carbocycles. The second-order valence-electron chi connectivity index (χ2n) is 1.49. The normalized spacial score (nSPS) is 32.9. The van der Waals surface area contributed by atoms with Crippen molar-refractivity contribution in [1.29, 1.82) is 0 Å². The average molecular weight is 137 g/mol. The lowest BCUT2D eigenvalue weighted by molar-refractivity contribution is -0.756. The molecular formula is C3H7NO3S. The molecule has 0 aromatic carbocycles. The van der Waals surface area contributed by atoms with E-state index in [4.69, 9.17) is 0 Å². The van der Waals surface area contributed by atoms with Crippen LogP contribution in [0.3, 0.4) is 0 Å². The van der Waals surface area contributed by atoms with Crippen molar-refractivity contribution in [2.24, 2.45) is 0 Å². The standard InChI is InChI=1S/C3H7NO3S/c5-7-4-2-1-3-8(7)6/h4H,1-3H2. The zero-order valence-corrected chi connectivity index (χ0v) is 5.07. The highest BCUT2D eigenvalue weighted by Gasteiger charge is 2.17. The Bertz CT molecular complexity index is 107. The first kappa shape index (κ1) is 6.15. The Morgan fingerprint density at radius 2 is 2.50 bits per heavy atom. The molecule has 8 heavy (non-hydrogen) atoms. The topological polar surface area (TPSA) is 54.9 Å². The van der Waals surface area contributed by atoms with Crippen molar-refractivity contribution in [3.05, 3.63) is 0 Å². The van der Waals surface area contributed by atoms with Gasteiger partial charge in [-0.2, -0.15) is 4.21 Å². The Morgan fingerprint density at radius 1 is 1.75 bits per heavy atom. The molecule has 1 fully saturated rings. The molecule has 1 N–H and O–H groups in total. The van der Waals surface area contributed by atoms with E-state index in [9.17, 15) is 9.47 Å². The fourth-order valence-corrected chi connectivity index (χ4v) is 1.23. The molecule has 1 heterocycles. The van der Waals surface area contributed by atoms with Crippen LogP contribution < -0.4 is 10.7 Å². The van der Waals surface area contributed by atoms with Crippen LogP contribution in [0.25, 0.3) is 0 Å². The van der Waals surface area contributed by atoms with Gasteiger partial charge in [0.05, 0.1) is 6.54 Å². The minimum Gasteiger partial charge on any atom is -0.487 e. The second kappa shape index (κ2) is 2.54. The summed E-state index contributed by atoms with van der Waals surface area (Å²) in [4.78, 5) is 0. The van der Waals surface area contributed by atoms with Gasteiger partial charge in [0.25, 0.3) is 0 Å². The molecule has 0 aromatic heterocycles. The lowest BCUT2D eigenvalue weighted by Gasteiger charge is -2.19. The van der Waals surface area contributed by atoms with Crippen LogP contribution >= 0.6 is 0 Å². The van der Waals surface area contributed by atoms with Crippen LogP contribution in [0.5, 0.6) is 0 Å². The highest BCUT2D eigenvalue weighted by Crippen LogP contribution is 1.97. The zero-order valence-electron chi connectivity index (χ0n) is 4.25. The van der Waals surface area contributed by atoms with E-state index in [2.05, 4.69) is 5.48 Å². The van der Waals surface area contributed by atoms with E-state index in [1.54, 1.807) is 0 Å². The average Bonchev–Trinajstić information content (AvgIpc) is 1.77. The summed E-state index contributed by atoms with van der Waals surface area (Å²) in [6, 6.07) is 0. The monoisotopic (exact) mass is 137 g/mol. The minimum absolute atomic E-state index is 0.459. The Kier molecular flexibility index (Phi) is 1.95. The van der Waals surface area contributed by atoms with Crippen LogP contribution in [0.4, 0.5) is 0 Å². The molecule has 5 heteroatoms. The van der Waals surface area contributed by atoms with Crippen molar-refractivity contribution < 1.29 is 13.5 Å². The Balaban J connectivity index is 2.39. The first-order valence-electron chi connectivity index (χ1n) is 2.35. The summed E-state index contributed by atoms with van der Waals surface area (Å²) in [5.41, 5.74) is 2.33. The molecule has 0 radical (unpaired) electrons. The summed E-state index contributed by atoms with van der Waals surface area (Å²) in [5.74, 6) is 0.459. The van der Waals surface area contributed by atoms with Crippen molar-refractivity contribution in [1.82, 2.24) is 5.48 Å². The van der Waals surface area contributed by atoms with E-state index >= 15 is 0 Å². The molecule has 1 aliphatic heterocycles. The molecule has 0 aromatic rings. The van der Waals surface area contributed by atoms with Crippen LogP contribution in [0.1, 0.15) is 6.42 Å². The van der Waals surface area contributed by atoms with Gasteiger partial charge in [-0.1, -0.05) is 5.48 Å². The molecule has 0 bridgehead atoms. The third-order valence-electron chi connectivity index (χ3n) is 0.877. The van der Waals surface area contributed by atoms with Gasteiger partial charge in [-0.05, 0) is 6.42 Å². The van der Waals surface area contributed by atoms with E-state index in [-0.39, 0.29) is 0 Å². The second-order valence-corrected chi connectivity index (χ2v) is 2.81. The molecule has 1 aliphatic rings. The van der Waals surface area contributed by atoms with Gasteiger partial charge in [-0.3, -0.25) is 0 Å². The highest BCUT2D eigenvalue weighted by molar-refractivity contribution is 7.80. The maximum atomic E-state index is 10.4. The van der Waals surface area contributed by atoms with E-state index < -0.39 is 11.1 Å². The smallest absolute Gasteiger partial charge is 0.334 e. The maximum Gasteiger partial charge on any atom is 0.334 e. The molecule has 1 atom stereocenters. The first-order chi connectivity index (χ1) is 3.80. The van der Waals surface area contributed by atoms with Crippen molar-refractivity contribution in [2.45, 2.75) is 6.42 Å². The summed E-state index contributed by atoms with van der Waals surface area (Å²) in [6.45, 7) is 0.611. The minimum atomic E-state index is -1.40. The van der Waals surface area contributed by atoms with Crippen LogP contribution in [-0.2, 0) is 15.1 Å². The van der Waals surface area contributed by atoms with Crippen molar-refractivity contribution in [3.8, 4) is 0 Å². The summed E-state index contributed by atoms with van der Waals surface area (Å²) >= 11 is -1.40. The van der Waals surface area contributed by atoms with E-state index in [0.29, 0.717) is 12.3 Å². The van der Waals surface area contributed by atoms with E-state index in [0.717, 1.165) is 10.5 Å². The molecule has 1 rings (SSSR count). The highest BCUT2D eigenvalue weighted by atomic mass is 32.2. The third kappa shape index (κ3) is 1.25. The number of rotatable bonds is 0. The summed E-state index contributed by atoms with van der Waals surface area (Å²) in [6.07, 6.45) is 0.804. The maximum absolute atomic E-state index is 10.4. The lowest BCUT2D eigenvalue weighted by atomic mass is 10.5. The molecule has 1 unspecified atom stereocenters. The molecule has 48 valence electrons. The Labute approximate surface area is 49.7 Å². The fraction of sp³-hybridized carbons (Fsp3) is 1.00. The molecule has 0 amide bonds. The summed E-state index contributed by atoms with van der Waals surface area (Å²) in [7, 11) is 0. The van der Waals surface area contributed by atoms with E-state index in [1.165, 1.54) is 0 Å². The van der Waals surface area contributed by atoms with Gasteiger partial charge in [-0.15, -0.1) is 0 Å². The first-order valence-corrected chi connectivity index (χ1v) is 3.59. The van der Waals surface area contributed by atoms with Crippen LogP contribution in [-0.4, -0.2) is 16.5 Å². The molecular weight excluding hydrogens is 130 g/mol. The predicted octanol–water partition coefficient (Wildman–Crippen LogP) is -1.61. The largest absolute Gasteiger partial charge is 0.487 e. The van der Waals surface area contributed by atoms with Crippen LogP contribution in [0.2, 0.25) is 0 Å². The summed E-state index contributed by atoms with van der Waals surface area (Å²) in [5, 5.41) is 10.2. The van der Waals surface area contributed by atoms with Gasteiger partial charge in [0, 0.05) is 0 Å². The number of hydroxylamine groups is 1. The van der Waals surface area contributed by atoms with Crippen molar-refractivity contribution in [3.63, 3.8) is 0 Å². The summed E-state index contributed by atoms with van der Waals surface area (Å²) < 4.78 is 11.5. The zero-order chi connectivity index (χ0) is 5.98. The van der Waals surface area contributed by atoms with Gasteiger partial charge in [0.15, 0.2) is 0 Å². The predicted molar refractivity (Wildman–Crippen MR) is 26.7 cm³/mol. The fourth-order valence-electron chi connectivity index (χ4n) is 0.487. The number of hydrogen-bond donors (Lipinski definition) is 1. The Hall–Kier alpha value is 0.0300. The van der Waals surface area contributed by atoms with Gasteiger partial charge < -0.3 is 5.26 Å². The van der Waals surface area contributed by atoms with Crippen molar-refractivity contribution >= 4 is 11.1 Å². The molecule has 1 saturated heterocycles. The number of hydrogen-bond acceptors (Lipinski definition) is 3.